The molecular formula is C39H25N3O. The number of hydrogen-bond donors (Lipinski definition) is 0. The molecule has 2 heterocycles. The van der Waals surface area contributed by atoms with Crippen LogP contribution in [-0.4, -0.2) is 15.0 Å². The van der Waals surface area contributed by atoms with Gasteiger partial charge in [0.1, 0.15) is 11.2 Å². The van der Waals surface area contributed by atoms with Crippen molar-refractivity contribution in [1.82, 2.24) is 15.0 Å². The average Bonchev–Trinajstić information content (AvgIpc) is 3.55. The first kappa shape index (κ1) is 19.3. The third kappa shape index (κ3) is 4.65. The van der Waals surface area contributed by atoms with Crippen molar-refractivity contribution in [3.8, 4) is 56.4 Å². The molecule has 0 saturated carbocycles. The number of fused-ring (bicyclic) bond motifs is 3. The Hall–Kier alpha value is -5.87. The molecule has 0 aliphatic heterocycles. The first-order valence-electron chi connectivity index (χ1n) is 16.8. The van der Waals surface area contributed by atoms with E-state index >= 15 is 0 Å². The Labute approximate surface area is 257 Å². The minimum Gasteiger partial charge on any atom is -0.456 e. The molecule has 0 amide bonds. The molecule has 0 aliphatic carbocycles. The Balaban J connectivity index is 1.41. The van der Waals surface area contributed by atoms with Crippen molar-refractivity contribution in [3.63, 3.8) is 0 Å². The summed E-state index contributed by atoms with van der Waals surface area (Å²) in [4.78, 5) is 14.3. The molecule has 43 heavy (non-hydrogen) atoms. The molecule has 8 aromatic rings. The third-order valence-corrected chi connectivity index (χ3v) is 7.25. The molecule has 202 valence electrons. The van der Waals surface area contributed by atoms with E-state index in [-0.39, 0.29) is 69.6 Å². The third-order valence-electron chi connectivity index (χ3n) is 7.25. The molecule has 8 rings (SSSR count). The lowest BCUT2D eigenvalue weighted by atomic mass is 9.99. The van der Waals surface area contributed by atoms with E-state index in [1.54, 1.807) is 24.3 Å². The fraction of sp³-hybridized carbons (Fsp3) is 0. The molecular weight excluding hydrogens is 526 g/mol. The summed E-state index contributed by atoms with van der Waals surface area (Å²) in [5.41, 5.74) is 4.21. The molecule has 0 fully saturated rings. The molecule has 2 aromatic heterocycles. The zero-order valence-electron chi connectivity index (χ0n) is 28.7. The fourth-order valence-corrected chi connectivity index (χ4v) is 5.18. The highest BCUT2D eigenvalue weighted by molar-refractivity contribution is 6.12. The second-order valence-corrected chi connectivity index (χ2v) is 10.00. The van der Waals surface area contributed by atoms with Gasteiger partial charge in [0.2, 0.25) is 0 Å². The zero-order valence-corrected chi connectivity index (χ0v) is 22.7. The summed E-state index contributed by atoms with van der Waals surface area (Å²) in [6.45, 7) is 0. The largest absolute Gasteiger partial charge is 0.456 e. The Bertz CT molecular complexity index is 2560. The van der Waals surface area contributed by atoms with E-state index in [9.17, 15) is 4.11 Å². The van der Waals surface area contributed by atoms with E-state index in [0.717, 1.165) is 11.1 Å². The molecule has 0 spiro atoms. The average molecular weight is 558 g/mol. The predicted octanol–water partition coefficient (Wildman–Crippen LogP) is 10.1. The van der Waals surface area contributed by atoms with Crippen molar-refractivity contribution in [3.05, 3.63) is 152 Å². The first-order valence-corrected chi connectivity index (χ1v) is 13.8. The molecule has 6 aromatic carbocycles. The highest BCUT2D eigenvalue weighted by atomic mass is 16.3. The van der Waals surface area contributed by atoms with E-state index in [1.807, 2.05) is 91.0 Å². The van der Waals surface area contributed by atoms with Gasteiger partial charge in [-0.3, -0.25) is 0 Å². The van der Waals surface area contributed by atoms with Crippen molar-refractivity contribution in [2.45, 2.75) is 0 Å². The lowest BCUT2D eigenvalue weighted by Crippen LogP contribution is -2.00. The smallest absolute Gasteiger partial charge is 0.164 e. The molecule has 4 heteroatoms. The van der Waals surface area contributed by atoms with Gasteiger partial charge in [0.25, 0.3) is 0 Å². The van der Waals surface area contributed by atoms with Crippen molar-refractivity contribution >= 4 is 21.9 Å². The van der Waals surface area contributed by atoms with Crippen LogP contribution in [0.15, 0.2) is 156 Å². The molecule has 4 nitrogen and oxygen atoms in total. The quantitative estimate of drug-likeness (QED) is 0.211. The number of hydrogen-bond acceptors (Lipinski definition) is 4. The minimum absolute atomic E-state index is 0.0209. The van der Waals surface area contributed by atoms with Gasteiger partial charge in [0.15, 0.2) is 17.5 Å². The Kier molecular flexibility index (Phi) is 4.71. The maximum atomic E-state index is 9.34. The Morgan fingerprint density at radius 2 is 1.05 bits per heavy atom. The Morgan fingerprint density at radius 1 is 0.465 bits per heavy atom. The summed E-state index contributed by atoms with van der Waals surface area (Å²) in [5, 5.41) is 0.382. The molecule has 0 unspecified atom stereocenters. The summed E-state index contributed by atoms with van der Waals surface area (Å²) < 4.78 is 59.9. The number of aromatic nitrogens is 3. The summed E-state index contributed by atoms with van der Waals surface area (Å²) in [5.74, 6) is 0.684. The van der Waals surface area contributed by atoms with E-state index < -0.39 is 0 Å². The van der Waals surface area contributed by atoms with Crippen LogP contribution in [0.2, 0.25) is 0 Å². The van der Waals surface area contributed by atoms with Gasteiger partial charge in [-0.2, -0.15) is 0 Å². The number of rotatable bonds is 5. The minimum atomic E-state index is -0.331. The van der Waals surface area contributed by atoms with Crippen molar-refractivity contribution < 1.29 is 12.6 Å². The van der Waals surface area contributed by atoms with Crippen LogP contribution in [0.1, 0.15) is 8.22 Å². The van der Waals surface area contributed by atoms with Gasteiger partial charge in [0.05, 0.1) is 8.22 Å². The molecule has 0 atom stereocenters. The van der Waals surface area contributed by atoms with E-state index in [2.05, 4.69) is 0 Å². The van der Waals surface area contributed by atoms with Crippen molar-refractivity contribution in [1.29, 1.82) is 0 Å². The lowest BCUT2D eigenvalue weighted by Gasteiger charge is -2.10. The summed E-state index contributed by atoms with van der Waals surface area (Å²) in [6.07, 6.45) is 0. The van der Waals surface area contributed by atoms with Gasteiger partial charge in [-0.15, -0.1) is 0 Å². The fourth-order valence-electron chi connectivity index (χ4n) is 5.18. The van der Waals surface area contributed by atoms with E-state index in [0.29, 0.717) is 33.9 Å². The van der Waals surface area contributed by atoms with Crippen molar-refractivity contribution in [2.75, 3.05) is 0 Å². The number of benzene rings is 6. The highest BCUT2D eigenvalue weighted by Gasteiger charge is 2.16. The second kappa shape index (κ2) is 10.5. The predicted molar refractivity (Wildman–Crippen MR) is 174 cm³/mol. The van der Waals surface area contributed by atoms with Crippen molar-refractivity contribution in [2.24, 2.45) is 0 Å². The van der Waals surface area contributed by atoms with Gasteiger partial charge in [-0.05, 0) is 46.4 Å². The monoisotopic (exact) mass is 557 g/mol. The number of nitrogens with zero attached hydrogens (tertiary/aromatic N) is 3. The van der Waals surface area contributed by atoms with Gasteiger partial charge < -0.3 is 4.42 Å². The second-order valence-electron chi connectivity index (χ2n) is 10.00. The molecule has 0 N–H and O–H groups in total. The van der Waals surface area contributed by atoms with Crippen LogP contribution in [0.5, 0.6) is 0 Å². The molecule has 0 bridgehead atoms. The standard InChI is InChI=1S/C39H25N3O/c1-4-12-26(13-5-1)29-18-10-19-30(24-29)38-40-37(28-16-8-3-9-17-28)41-39(42-38)31-22-23-33-35(25-31)43-34-21-11-20-32(36(33)34)27-14-6-2-7-15-27/h1-25H/i11D,20D,21D,22D,23D,25D. The normalized spacial score (nSPS) is 13.2. The van der Waals surface area contributed by atoms with Crippen LogP contribution in [0, 0.1) is 0 Å². The molecule has 0 saturated heterocycles. The lowest BCUT2D eigenvalue weighted by molar-refractivity contribution is 0.669. The topological polar surface area (TPSA) is 51.8 Å². The maximum Gasteiger partial charge on any atom is 0.164 e. The highest BCUT2D eigenvalue weighted by Crippen LogP contribution is 2.38. The SMILES string of the molecule is [2H]c1c([2H])c(-c2ccccc2)c2c(oc3c([2H])c(-c4nc(-c5ccccc5)nc(-c5cccc(-c6ccccc6)c5)n4)c([2H])c([2H])c32)c1[2H]. The van der Waals surface area contributed by atoms with Crippen LogP contribution < -0.4 is 0 Å². The zero-order chi connectivity index (χ0) is 33.8. The van der Waals surface area contributed by atoms with Crippen LogP contribution >= 0.6 is 0 Å². The van der Waals surface area contributed by atoms with Gasteiger partial charge in [-0.25, -0.2) is 15.0 Å². The Morgan fingerprint density at radius 3 is 1.77 bits per heavy atom. The van der Waals surface area contributed by atoms with Crippen LogP contribution in [0.25, 0.3) is 78.4 Å². The van der Waals surface area contributed by atoms with Crippen LogP contribution in [-0.2, 0) is 0 Å². The number of furan rings is 1. The summed E-state index contributed by atoms with van der Waals surface area (Å²) >= 11 is 0. The first-order chi connectivity index (χ1) is 23.8. The molecule has 0 aliphatic rings. The van der Waals surface area contributed by atoms with E-state index in [1.165, 1.54) is 0 Å². The van der Waals surface area contributed by atoms with Gasteiger partial charge in [0, 0.05) is 27.5 Å². The van der Waals surface area contributed by atoms with Gasteiger partial charge in [-0.1, -0.05) is 127 Å². The van der Waals surface area contributed by atoms with Crippen LogP contribution in [0.3, 0.4) is 0 Å². The van der Waals surface area contributed by atoms with Crippen LogP contribution in [0.4, 0.5) is 0 Å². The maximum absolute atomic E-state index is 9.34. The summed E-state index contributed by atoms with van der Waals surface area (Å²) in [7, 11) is 0. The van der Waals surface area contributed by atoms with E-state index in [4.69, 9.17) is 23.5 Å². The molecule has 0 radical (unpaired) electrons. The van der Waals surface area contributed by atoms with Gasteiger partial charge >= 0.3 is 0 Å². The summed E-state index contributed by atoms with van der Waals surface area (Å²) in [6, 6.07) is 34.4.